The Kier molecular flexibility index (Phi) is 4.21. The lowest BCUT2D eigenvalue weighted by molar-refractivity contribution is -0.380. The molecule has 0 unspecified atom stereocenters. The van der Waals surface area contributed by atoms with Crippen LogP contribution in [0.25, 0.3) is 10.8 Å². The number of nitrogens with zero attached hydrogens (tertiary/aromatic N) is 2. The topological polar surface area (TPSA) is 105 Å². The van der Waals surface area contributed by atoms with Gasteiger partial charge in [0.25, 0.3) is 5.91 Å². The Hall–Kier alpha value is -3.26. The van der Waals surface area contributed by atoms with Gasteiger partial charge in [0, 0.05) is 6.07 Å². The second kappa shape index (κ2) is 6.47. The largest absolute Gasteiger partial charge is 0.507 e. The Morgan fingerprint density at radius 1 is 1.21 bits per heavy atom. The SMILES string of the molecule is O=C(N/N=C\c1ccc([N+](=O)[O-])s1)c1cc2ccccc2cc1O. The van der Waals surface area contributed by atoms with E-state index in [1.807, 2.05) is 24.3 Å². The molecule has 1 aromatic heterocycles. The number of amides is 1. The van der Waals surface area contributed by atoms with Crippen LogP contribution in [-0.2, 0) is 0 Å². The minimum Gasteiger partial charge on any atom is -0.507 e. The molecule has 3 rings (SSSR count). The number of hydrogen-bond acceptors (Lipinski definition) is 6. The summed E-state index contributed by atoms with van der Waals surface area (Å²) in [5.41, 5.74) is 2.40. The van der Waals surface area contributed by atoms with E-state index in [0.29, 0.717) is 4.88 Å². The average molecular weight is 341 g/mol. The van der Waals surface area contributed by atoms with E-state index in [2.05, 4.69) is 10.5 Å². The van der Waals surface area contributed by atoms with E-state index in [-0.39, 0.29) is 16.3 Å². The van der Waals surface area contributed by atoms with E-state index in [1.54, 1.807) is 6.07 Å². The van der Waals surface area contributed by atoms with Crippen molar-refractivity contribution in [1.29, 1.82) is 0 Å². The highest BCUT2D eigenvalue weighted by Crippen LogP contribution is 2.25. The fraction of sp³-hybridized carbons (Fsp3) is 0. The van der Waals surface area contributed by atoms with Gasteiger partial charge in [-0.05, 0) is 29.0 Å². The van der Waals surface area contributed by atoms with Gasteiger partial charge < -0.3 is 5.11 Å². The molecule has 7 nitrogen and oxygen atoms in total. The van der Waals surface area contributed by atoms with Gasteiger partial charge in [-0.3, -0.25) is 14.9 Å². The Morgan fingerprint density at radius 3 is 2.58 bits per heavy atom. The van der Waals surface area contributed by atoms with E-state index >= 15 is 0 Å². The predicted octanol–water partition coefficient (Wildman–Crippen LogP) is 3.28. The first-order chi connectivity index (χ1) is 11.5. The zero-order valence-corrected chi connectivity index (χ0v) is 13.0. The van der Waals surface area contributed by atoms with Crippen LogP contribution in [-0.4, -0.2) is 22.2 Å². The van der Waals surface area contributed by atoms with E-state index in [0.717, 1.165) is 22.1 Å². The summed E-state index contributed by atoms with van der Waals surface area (Å²) < 4.78 is 0. The molecular weight excluding hydrogens is 330 g/mol. The molecule has 120 valence electrons. The monoisotopic (exact) mass is 341 g/mol. The maximum absolute atomic E-state index is 12.1. The van der Waals surface area contributed by atoms with Crippen molar-refractivity contribution in [3.63, 3.8) is 0 Å². The number of carbonyl (C=O) groups is 1. The van der Waals surface area contributed by atoms with Gasteiger partial charge in [-0.25, -0.2) is 5.43 Å². The third-order valence-electron chi connectivity index (χ3n) is 3.26. The fourth-order valence-electron chi connectivity index (χ4n) is 2.13. The zero-order valence-electron chi connectivity index (χ0n) is 12.2. The number of hydrogen-bond donors (Lipinski definition) is 2. The molecule has 0 saturated heterocycles. The van der Waals surface area contributed by atoms with Gasteiger partial charge in [-0.1, -0.05) is 35.6 Å². The molecule has 0 bridgehead atoms. The molecule has 0 radical (unpaired) electrons. The van der Waals surface area contributed by atoms with Gasteiger partial charge in [-0.2, -0.15) is 5.10 Å². The molecule has 0 atom stereocenters. The van der Waals surface area contributed by atoms with Gasteiger partial charge in [0.05, 0.1) is 21.6 Å². The van der Waals surface area contributed by atoms with Crippen molar-refractivity contribution in [3.05, 3.63) is 69.1 Å². The van der Waals surface area contributed by atoms with Crippen molar-refractivity contribution in [1.82, 2.24) is 5.43 Å². The average Bonchev–Trinajstić information content (AvgIpc) is 3.03. The molecule has 3 aromatic rings. The molecule has 1 amide bonds. The molecule has 2 aromatic carbocycles. The molecule has 2 N–H and O–H groups in total. The van der Waals surface area contributed by atoms with Crippen LogP contribution in [0.3, 0.4) is 0 Å². The summed E-state index contributed by atoms with van der Waals surface area (Å²) in [6.45, 7) is 0. The summed E-state index contributed by atoms with van der Waals surface area (Å²) in [7, 11) is 0. The second-order valence-electron chi connectivity index (χ2n) is 4.85. The first kappa shape index (κ1) is 15.6. The highest BCUT2D eigenvalue weighted by molar-refractivity contribution is 7.16. The molecule has 0 saturated carbocycles. The van der Waals surface area contributed by atoms with Crippen molar-refractivity contribution in [2.75, 3.05) is 0 Å². The number of nitro groups is 1. The number of carbonyl (C=O) groups excluding carboxylic acids is 1. The van der Waals surface area contributed by atoms with E-state index in [9.17, 15) is 20.0 Å². The van der Waals surface area contributed by atoms with Crippen LogP contribution >= 0.6 is 11.3 Å². The Balaban J connectivity index is 1.75. The number of fused-ring (bicyclic) bond motifs is 1. The minimum absolute atomic E-state index is 0.00468. The lowest BCUT2D eigenvalue weighted by Crippen LogP contribution is -2.17. The fourth-order valence-corrected chi connectivity index (χ4v) is 2.83. The summed E-state index contributed by atoms with van der Waals surface area (Å²) >= 11 is 0.944. The molecule has 1 heterocycles. The van der Waals surface area contributed by atoms with E-state index < -0.39 is 10.8 Å². The van der Waals surface area contributed by atoms with Crippen molar-refractivity contribution in [3.8, 4) is 5.75 Å². The Morgan fingerprint density at radius 2 is 1.92 bits per heavy atom. The normalized spacial score (nSPS) is 11.0. The van der Waals surface area contributed by atoms with Gasteiger partial charge in [0.1, 0.15) is 5.75 Å². The van der Waals surface area contributed by atoms with Crippen molar-refractivity contribution >= 4 is 39.2 Å². The quantitative estimate of drug-likeness (QED) is 0.431. The molecule has 24 heavy (non-hydrogen) atoms. The molecule has 0 aliphatic heterocycles. The summed E-state index contributed by atoms with van der Waals surface area (Å²) in [5.74, 6) is -0.714. The summed E-state index contributed by atoms with van der Waals surface area (Å²) in [6.07, 6.45) is 1.31. The van der Waals surface area contributed by atoms with Gasteiger partial charge in [-0.15, -0.1) is 0 Å². The number of hydrazone groups is 1. The molecule has 0 fully saturated rings. The van der Waals surface area contributed by atoms with Crippen LogP contribution in [0, 0.1) is 10.1 Å². The maximum atomic E-state index is 12.1. The lowest BCUT2D eigenvalue weighted by Gasteiger charge is -2.05. The lowest BCUT2D eigenvalue weighted by atomic mass is 10.1. The van der Waals surface area contributed by atoms with E-state index in [1.165, 1.54) is 24.4 Å². The van der Waals surface area contributed by atoms with Crippen LogP contribution in [0.4, 0.5) is 5.00 Å². The first-order valence-corrected chi connectivity index (χ1v) is 7.65. The molecule has 0 aliphatic carbocycles. The van der Waals surface area contributed by atoms with Crippen LogP contribution < -0.4 is 5.43 Å². The maximum Gasteiger partial charge on any atom is 0.324 e. The van der Waals surface area contributed by atoms with Crippen LogP contribution in [0.1, 0.15) is 15.2 Å². The smallest absolute Gasteiger partial charge is 0.324 e. The Bertz CT molecular complexity index is 965. The first-order valence-electron chi connectivity index (χ1n) is 6.84. The number of aromatic hydroxyl groups is 1. The summed E-state index contributed by atoms with van der Waals surface area (Å²) in [6, 6.07) is 13.3. The van der Waals surface area contributed by atoms with Crippen LogP contribution in [0.15, 0.2) is 53.6 Å². The number of rotatable bonds is 4. The number of thiophene rings is 1. The number of phenolic OH excluding ortho intramolecular Hbond substituents is 1. The molecule has 8 heteroatoms. The highest BCUT2D eigenvalue weighted by Gasteiger charge is 2.12. The number of benzene rings is 2. The van der Waals surface area contributed by atoms with Crippen molar-refractivity contribution in [2.24, 2.45) is 5.10 Å². The van der Waals surface area contributed by atoms with Crippen LogP contribution in [0.2, 0.25) is 0 Å². The molecule has 0 aliphatic rings. The minimum atomic E-state index is -0.569. The van der Waals surface area contributed by atoms with E-state index in [4.69, 9.17) is 0 Å². The summed E-state index contributed by atoms with van der Waals surface area (Å²) in [5, 5.41) is 26.0. The van der Waals surface area contributed by atoms with Gasteiger partial charge in [0.15, 0.2) is 0 Å². The van der Waals surface area contributed by atoms with Crippen molar-refractivity contribution in [2.45, 2.75) is 0 Å². The van der Waals surface area contributed by atoms with Crippen LogP contribution in [0.5, 0.6) is 5.75 Å². The zero-order chi connectivity index (χ0) is 17.1. The number of phenols is 1. The van der Waals surface area contributed by atoms with Gasteiger partial charge >= 0.3 is 5.00 Å². The van der Waals surface area contributed by atoms with Crippen molar-refractivity contribution < 1.29 is 14.8 Å². The predicted molar refractivity (Wildman–Crippen MR) is 91.6 cm³/mol. The summed E-state index contributed by atoms with van der Waals surface area (Å²) in [4.78, 5) is 22.8. The van der Waals surface area contributed by atoms with Gasteiger partial charge in [0.2, 0.25) is 0 Å². The standard InChI is InChI=1S/C16H11N3O4S/c20-14-8-11-4-2-1-3-10(11)7-13(14)16(21)18-17-9-12-5-6-15(24-12)19(22)23/h1-9,20H,(H,18,21)/b17-9-. The highest BCUT2D eigenvalue weighted by atomic mass is 32.1. The molecule has 0 spiro atoms. The second-order valence-corrected chi connectivity index (χ2v) is 5.94. The number of nitrogens with one attached hydrogen (secondary N) is 1. The third-order valence-corrected chi connectivity index (χ3v) is 4.23. The molecular formula is C16H11N3O4S. The third kappa shape index (κ3) is 3.23. The Labute approximate surface area is 140 Å².